The van der Waals surface area contributed by atoms with Gasteiger partial charge in [0.15, 0.2) is 11.6 Å². The number of carbonyl (C=O) groups excluding carboxylic acids is 1. The van der Waals surface area contributed by atoms with E-state index in [0.29, 0.717) is 17.0 Å². The first-order chi connectivity index (χ1) is 16.1. The normalized spacial score (nSPS) is 18.9. The largest absolute Gasteiger partial charge is 0.354 e. The molecule has 186 valence electrons. The first-order valence-electron chi connectivity index (χ1n) is 11.4. The summed E-state index contributed by atoms with van der Waals surface area (Å²) in [7, 11) is 5.78. The lowest BCUT2D eigenvalue weighted by Crippen LogP contribution is -2.30. The van der Waals surface area contributed by atoms with Gasteiger partial charge in [0.05, 0.1) is 0 Å². The summed E-state index contributed by atoms with van der Waals surface area (Å²) in [6, 6.07) is 7.25. The van der Waals surface area contributed by atoms with Crippen molar-refractivity contribution in [2.75, 3.05) is 14.2 Å². The molecule has 1 aliphatic rings. The minimum absolute atomic E-state index is 0.00779. The second-order valence-electron chi connectivity index (χ2n) is 8.44. The third-order valence-corrected chi connectivity index (χ3v) is 6.66. The maximum atomic E-state index is 12.8. The van der Waals surface area contributed by atoms with Crippen LogP contribution in [0, 0.1) is 0 Å². The van der Waals surface area contributed by atoms with Crippen molar-refractivity contribution in [3.63, 3.8) is 0 Å². The van der Waals surface area contributed by atoms with Crippen molar-refractivity contribution in [2.45, 2.75) is 64.6 Å². The van der Waals surface area contributed by atoms with E-state index in [4.69, 9.17) is 25.8 Å². The summed E-state index contributed by atoms with van der Waals surface area (Å²) >= 11 is 6.04. The molecule has 8 heteroatoms. The van der Waals surface area contributed by atoms with Crippen molar-refractivity contribution in [1.29, 1.82) is 0 Å². The van der Waals surface area contributed by atoms with E-state index in [9.17, 15) is 4.79 Å². The lowest BCUT2D eigenvalue weighted by atomic mass is 10.0. The molecule has 0 amide bonds. The molecule has 0 aliphatic carbocycles. The van der Waals surface area contributed by atoms with Crippen LogP contribution in [0.3, 0.4) is 0 Å². The smallest absolute Gasteiger partial charge is 0.191 e. The number of aromatic nitrogens is 1. The highest BCUT2D eigenvalue weighted by Crippen LogP contribution is 2.29. The molecule has 0 N–H and O–H groups in total. The first-order valence-corrected chi connectivity index (χ1v) is 12.3. The van der Waals surface area contributed by atoms with Crippen LogP contribution >= 0.6 is 20.8 Å². The molecule has 1 aromatic heterocycles. The summed E-state index contributed by atoms with van der Waals surface area (Å²) < 4.78 is 17.8. The first kappa shape index (κ1) is 28.4. The average molecular weight is 507 g/mol. The molecule has 1 saturated heterocycles. The molecule has 6 nitrogen and oxygen atoms in total. The summed E-state index contributed by atoms with van der Waals surface area (Å²) in [5, 5.41) is 3.25. The SMILES string of the molecule is C=c1/c(=C\N=CCCC)ccn1C1CCC(C(=O)c2ccc(Cl)c(P)c2)O1.COC(C)(C)OC. The number of hydrogen-bond donors (Lipinski definition) is 0. The lowest BCUT2D eigenvalue weighted by Gasteiger charge is -2.19. The molecule has 3 atom stereocenters. The topological polar surface area (TPSA) is 62.1 Å². The summed E-state index contributed by atoms with van der Waals surface area (Å²) in [6.45, 7) is 9.98. The van der Waals surface area contributed by atoms with Gasteiger partial charge in [-0.1, -0.05) is 31.5 Å². The molecule has 1 aromatic carbocycles. The van der Waals surface area contributed by atoms with Crippen molar-refractivity contribution in [2.24, 2.45) is 4.99 Å². The molecule has 3 unspecified atom stereocenters. The average Bonchev–Trinajstić information content (AvgIpc) is 3.45. The van der Waals surface area contributed by atoms with E-state index in [1.54, 1.807) is 32.4 Å². The quantitative estimate of drug-likeness (QED) is 0.232. The fourth-order valence-electron chi connectivity index (χ4n) is 3.20. The molecule has 34 heavy (non-hydrogen) atoms. The number of unbranched alkanes of at least 4 members (excludes halogenated alkanes) is 1. The van der Waals surface area contributed by atoms with Gasteiger partial charge in [-0.2, -0.15) is 0 Å². The third kappa shape index (κ3) is 7.86. The van der Waals surface area contributed by atoms with Gasteiger partial charge in [-0.25, -0.2) is 0 Å². The summed E-state index contributed by atoms with van der Waals surface area (Å²) in [5.41, 5.74) is 0.622. The van der Waals surface area contributed by atoms with Gasteiger partial charge in [-0.3, -0.25) is 9.79 Å². The maximum Gasteiger partial charge on any atom is 0.191 e. The number of ketones is 1. The van der Waals surface area contributed by atoms with Crippen LogP contribution in [0.2, 0.25) is 5.02 Å². The Kier molecular flexibility index (Phi) is 11.1. The van der Waals surface area contributed by atoms with Crippen molar-refractivity contribution in [3.8, 4) is 0 Å². The van der Waals surface area contributed by atoms with Crippen LogP contribution in [-0.2, 0) is 14.2 Å². The van der Waals surface area contributed by atoms with Crippen LogP contribution in [0.5, 0.6) is 0 Å². The summed E-state index contributed by atoms with van der Waals surface area (Å²) in [6.07, 6.45) is 8.54. The van der Waals surface area contributed by atoms with E-state index in [1.807, 2.05) is 43.1 Å². The molecule has 3 rings (SSSR count). The second kappa shape index (κ2) is 13.3. The van der Waals surface area contributed by atoms with Crippen molar-refractivity contribution in [3.05, 3.63) is 51.6 Å². The molecule has 2 aromatic rings. The van der Waals surface area contributed by atoms with Gasteiger partial charge in [-0.05, 0) is 62.7 Å². The fraction of sp³-hybridized carbons (Fsp3) is 0.462. The third-order valence-electron chi connectivity index (χ3n) is 5.66. The van der Waals surface area contributed by atoms with Crippen LogP contribution in [0.4, 0.5) is 0 Å². The number of hydrogen-bond acceptors (Lipinski definition) is 5. The molecule has 1 fully saturated rings. The number of methoxy groups -OCH3 is 2. The number of halogens is 1. The number of nitrogens with zero attached hydrogens (tertiary/aromatic N) is 2. The molecular weight excluding hydrogens is 471 g/mol. The Bertz CT molecular complexity index is 1090. The maximum absolute atomic E-state index is 12.8. The van der Waals surface area contributed by atoms with Crippen LogP contribution in [-0.4, -0.2) is 42.7 Å². The second-order valence-corrected chi connectivity index (χ2v) is 9.47. The highest BCUT2D eigenvalue weighted by Gasteiger charge is 2.32. The Hall–Kier alpha value is -1.82. The predicted molar refractivity (Wildman–Crippen MR) is 143 cm³/mol. The molecule has 2 heterocycles. The highest BCUT2D eigenvalue weighted by atomic mass is 35.5. The Labute approximate surface area is 209 Å². The molecule has 0 spiro atoms. The lowest BCUT2D eigenvalue weighted by molar-refractivity contribution is -0.178. The number of carbonyl (C=O) groups is 1. The number of benzene rings is 1. The van der Waals surface area contributed by atoms with E-state index >= 15 is 0 Å². The Balaban J connectivity index is 0.000000509. The van der Waals surface area contributed by atoms with Crippen LogP contribution in [0.25, 0.3) is 12.8 Å². The van der Waals surface area contributed by atoms with E-state index in [1.165, 1.54) is 0 Å². The van der Waals surface area contributed by atoms with Gasteiger partial charge in [-0.15, -0.1) is 9.24 Å². The Morgan fingerprint density at radius 3 is 2.62 bits per heavy atom. The van der Waals surface area contributed by atoms with E-state index in [0.717, 1.165) is 35.1 Å². The zero-order valence-corrected chi connectivity index (χ0v) is 22.6. The zero-order chi connectivity index (χ0) is 25.3. The zero-order valence-electron chi connectivity index (χ0n) is 20.7. The summed E-state index contributed by atoms with van der Waals surface area (Å²) in [5.74, 6) is -0.424. The van der Waals surface area contributed by atoms with Gasteiger partial charge in [0, 0.05) is 54.0 Å². The molecule has 0 bridgehead atoms. The predicted octanol–water partition coefficient (Wildman–Crippen LogP) is 4.24. The highest BCUT2D eigenvalue weighted by molar-refractivity contribution is 7.28. The monoisotopic (exact) mass is 506 g/mol. The van der Waals surface area contributed by atoms with Crippen molar-refractivity contribution >= 4 is 50.9 Å². The molecule has 0 saturated carbocycles. The van der Waals surface area contributed by atoms with Crippen LogP contribution in [0.1, 0.15) is 63.0 Å². The van der Waals surface area contributed by atoms with Gasteiger partial charge >= 0.3 is 0 Å². The molecular formula is C26H36ClN2O4P. The molecule has 1 aliphatic heterocycles. The number of rotatable bonds is 8. The minimum Gasteiger partial charge on any atom is -0.354 e. The van der Waals surface area contributed by atoms with E-state index in [2.05, 4.69) is 27.7 Å². The van der Waals surface area contributed by atoms with Crippen molar-refractivity contribution in [1.82, 2.24) is 4.57 Å². The number of ether oxygens (including phenoxy) is 3. The summed E-state index contributed by atoms with van der Waals surface area (Å²) in [4.78, 5) is 17.1. The van der Waals surface area contributed by atoms with Gasteiger partial charge in [0.1, 0.15) is 12.3 Å². The van der Waals surface area contributed by atoms with E-state index in [-0.39, 0.29) is 12.0 Å². The number of aliphatic imine (C=N–C) groups is 1. The van der Waals surface area contributed by atoms with Crippen molar-refractivity contribution < 1.29 is 19.0 Å². The fourth-order valence-corrected chi connectivity index (χ4v) is 3.60. The van der Waals surface area contributed by atoms with Crippen LogP contribution < -0.4 is 15.9 Å². The minimum atomic E-state index is -0.447. The van der Waals surface area contributed by atoms with E-state index < -0.39 is 11.9 Å². The van der Waals surface area contributed by atoms with Gasteiger partial charge in [0.2, 0.25) is 0 Å². The van der Waals surface area contributed by atoms with Gasteiger partial charge in [0.25, 0.3) is 0 Å². The number of Topliss-reactive ketones (excluding diaryl/α,β-unsaturated/α-hetero) is 1. The standard InChI is InChI=1S/C21H24ClN2O2P.C5H12O2/c1-3-4-10-23-13-16-9-11-24(14(16)2)20-8-7-18(26-20)21(25)15-5-6-17(22)19(27)12-15;1-5(2,6-3)7-4/h5-6,9-13,18,20H,2-4,7-8,27H2,1H3;1-4H3/b16-13-,23-10?;. The Morgan fingerprint density at radius 1 is 1.32 bits per heavy atom. The van der Waals surface area contributed by atoms with Crippen LogP contribution in [0.15, 0.2) is 35.5 Å². The Morgan fingerprint density at radius 2 is 2.03 bits per heavy atom. The van der Waals surface area contributed by atoms with Gasteiger partial charge < -0.3 is 18.8 Å². The molecule has 0 radical (unpaired) electrons.